The molecule has 0 atom stereocenters. The number of aromatic nitrogens is 1. The molecule has 1 aromatic heterocycles. The maximum atomic E-state index is 13.9. The van der Waals surface area contributed by atoms with E-state index in [-0.39, 0.29) is 11.3 Å². The summed E-state index contributed by atoms with van der Waals surface area (Å²) < 4.78 is 18.3. The fraction of sp³-hybridized carbons (Fsp3) is 0.290. The topological polar surface area (TPSA) is 70.0 Å². The van der Waals surface area contributed by atoms with Crippen LogP contribution >= 0.6 is 0 Å². The lowest BCUT2D eigenvalue weighted by Gasteiger charge is -2.18. The average molecular weight is 513 g/mol. The maximum absolute atomic E-state index is 13.9. The quantitative estimate of drug-likeness (QED) is 0.236. The second kappa shape index (κ2) is 10.7. The highest BCUT2D eigenvalue weighted by Crippen LogP contribution is 2.42. The Labute approximate surface area is 222 Å². The molecular formula is C31H32N2O5. The number of benzene rings is 3. The number of carbonyl (C=O) groups excluding carboxylic acids is 1. The summed E-state index contributed by atoms with van der Waals surface area (Å²) in [4.78, 5) is 30.0. The Morgan fingerprint density at radius 3 is 2.11 bits per heavy atom. The van der Waals surface area contributed by atoms with Gasteiger partial charge in [-0.3, -0.25) is 14.2 Å². The van der Waals surface area contributed by atoms with Crippen LogP contribution in [0.25, 0.3) is 27.7 Å². The summed E-state index contributed by atoms with van der Waals surface area (Å²) >= 11 is 0. The molecule has 4 aromatic rings. The summed E-state index contributed by atoms with van der Waals surface area (Å²) in [7, 11) is 3.13. The van der Waals surface area contributed by atoms with E-state index in [2.05, 4.69) is 18.7 Å². The summed E-state index contributed by atoms with van der Waals surface area (Å²) in [5, 5.41) is 1.03. The molecule has 1 aliphatic rings. The minimum atomic E-state index is -0.220. The Kier molecular flexibility index (Phi) is 7.20. The lowest BCUT2D eigenvalue weighted by atomic mass is 10.0. The molecule has 7 heteroatoms. The maximum Gasteiger partial charge on any atom is 0.263 e. The lowest BCUT2D eigenvalue weighted by molar-refractivity contribution is 0.104. The van der Waals surface area contributed by atoms with Crippen molar-refractivity contribution in [1.82, 2.24) is 9.47 Å². The number of fused-ring (bicyclic) bond motifs is 5. The smallest absolute Gasteiger partial charge is 0.263 e. The van der Waals surface area contributed by atoms with Gasteiger partial charge in [0, 0.05) is 28.7 Å². The lowest BCUT2D eigenvalue weighted by Crippen LogP contribution is -2.25. The minimum Gasteiger partial charge on any atom is -0.497 e. The fourth-order valence-corrected chi connectivity index (χ4v) is 5.13. The van der Waals surface area contributed by atoms with E-state index in [1.165, 1.54) is 0 Å². The van der Waals surface area contributed by atoms with Crippen molar-refractivity contribution in [3.05, 3.63) is 82.1 Å². The van der Waals surface area contributed by atoms with Crippen molar-refractivity contribution in [3.8, 4) is 34.2 Å². The van der Waals surface area contributed by atoms with Gasteiger partial charge < -0.3 is 19.1 Å². The Morgan fingerprint density at radius 1 is 0.763 bits per heavy atom. The minimum absolute atomic E-state index is 0.133. The molecule has 0 spiro atoms. The SMILES string of the molecule is CCN(CC)CCCOc1ccc(-n2c3c(c4ccc(OC)cc4c2=O)C(=O)c2cc(OC)ccc2-3)cc1. The van der Waals surface area contributed by atoms with E-state index in [9.17, 15) is 9.59 Å². The van der Waals surface area contributed by atoms with Crippen molar-refractivity contribution in [2.24, 2.45) is 0 Å². The number of ether oxygens (including phenoxy) is 3. The van der Waals surface area contributed by atoms with Gasteiger partial charge in [-0.15, -0.1) is 0 Å². The number of carbonyl (C=O) groups is 1. The van der Waals surface area contributed by atoms with E-state index in [1.54, 1.807) is 43.1 Å². The van der Waals surface area contributed by atoms with E-state index in [1.807, 2.05) is 36.4 Å². The third-order valence-corrected chi connectivity index (χ3v) is 7.22. The van der Waals surface area contributed by atoms with Crippen molar-refractivity contribution >= 4 is 16.6 Å². The Morgan fingerprint density at radius 2 is 1.42 bits per heavy atom. The van der Waals surface area contributed by atoms with E-state index < -0.39 is 0 Å². The van der Waals surface area contributed by atoms with Crippen LogP contribution < -0.4 is 19.8 Å². The molecule has 0 unspecified atom stereocenters. The largest absolute Gasteiger partial charge is 0.497 e. The second-order valence-electron chi connectivity index (χ2n) is 9.24. The third kappa shape index (κ3) is 4.43. The van der Waals surface area contributed by atoms with Gasteiger partial charge in [0.05, 0.1) is 37.5 Å². The predicted octanol–water partition coefficient (Wildman–Crippen LogP) is 5.33. The molecule has 0 saturated heterocycles. The zero-order valence-corrected chi connectivity index (χ0v) is 22.2. The number of ketones is 1. The van der Waals surface area contributed by atoms with Crippen molar-refractivity contribution in [1.29, 1.82) is 0 Å². The van der Waals surface area contributed by atoms with Gasteiger partial charge in [0.2, 0.25) is 0 Å². The fourth-order valence-electron chi connectivity index (χ4n) is 5.13. The van der Waals surface area contributed by atoms with Gasteiger partial charge in [-0.2, -0.15) is 0 Å². The molecule has 1 heterocycles. The van der Waals surface area contributed by atoms with Crippen LogP contribution in [0.5, 0.6) is 17.2 Å². The molecular weight excluding hydrogens is 480 g/mol. The van der Waals surface area contributed by atoms with Crippen LogP contribution in [0.3, 0.4) is 0 Å². The normalized spacial score (nSPS) is 12.1. The molecule has 0 N–H and O–H groups in total. The van der Waals surface area contributed by atoms with Gasteiger partial charge in [0.15, 0.2) is 5.78 Å². The monoisotopic (exact) mass is 512 g/mol. The van der Waals surface area contributed by atoms with Gasteiger partial charge >= 0.3 is 0 Å². The second-order valence-corrected chi connectivity index (χ2v) is 9.24. The van der Waals surface area contributed by atoms with Crippen molar-refractivity contribution in [3.63, 3.8) is 0 Å². The molecule has 0 aliphatic heterocycles. The van der Waals surface area contributed by atoms with Crippen LogP contribution in [0, 0.1) is 0 Å². The molecule has 0 bridgehead atoms. The Hall–Kier alpha value is -4.10. The van der Waals surface area contributed by atoms with Crippen LogP contribution in [0.4, 0.5) is 0 Å². The molecule has 5 rings (SSSR count). The molecule has 1 aliphatic carbocycles. The number of hydrogen-bond donors (Lipinski definition) is 0. The molecule has 38 heavy (non-hydrogen) atoms. The summed E-state index contributed by atoms with van der Waals surface area (Å²) in [5.74, 6) is 1.75. The number of methoxy groups -OCH3 is 2. The Bertz CT molecular complexity index is 1550. The van der Waals surface area contributed by atoms with E-state index in [4.69, 9.17) is 14.2 Å². The highest BCUT2D eigenvalue weighted by molar-refractivity contribution is 6.27. The Balaban J connectivity index is 1.58. The van der Waals surface area contributed by atoms with Gasteiger partial charge in [-0.1, -0.05) is 13.8 Å². The third-order valence-electron chi connectivity index (χ3n) is 7.22. The number of nitrogens with zero attached hydrogens (tertiary/aromatic N) is 2. The first kappa shape index (κ1) is 25.5. The molecule has 0 saturated carbocycles. The molecule has 196 valence electrons. The molecule has 0 amide bonds. The summed E-state index contributed by atoms with van der Waals surface area (Å²) in [5.41, 5.74) is 2.75. The van der Waals surface area contributed by atoms with Crippen molar-refractivity contribution < 1.29 is 19.0 Å². The number of rotatable bonds is 10. The molecule has 3 aromatic carbocycles. The van der Waals surface area contributed by atoms with E-state index in [0.29, 0.717) is 57.0 Å². The van der Waals surface area contributed by atoms with Crippen LogP contribution in [-0.4, -0.2) is 55.7 Å². The van der Waals surface area contributed by atoms with Crippen molar-refractivity contribution in [2.45, 2.75) is 20.3 Å². The zero-order chi connectivity index (χ0) is 26.8. The van der Waals surface area contributed by atoms with Gasteiger partial charge in [-0.25, -0.2) is 0 Å². The van der Waals surface area contributed by atoms with Gasteiger partial charge in [0.1, 0.15) is 17.2 Å². The number of pyridine rings is 1. The first-order valence-corrected chi connectivity index (χ1v) is 13.0. The summed E-state index contributed by atoms with van der Waals surface area (Å²) in [6.07, 6.45) is 0.936. The number of hydrogen-bond acceptors (Lipinski definition) is 6. The summed E-state index contributed by atoms with van der Waals surface area (Å²) in [6, 6.07) is 18.1. The summed E-state index contributed by atoms with van der Waals surface area (Å²) in [6.45, 7) is 7.98. The van der Waals surface area contributed by atoms with Crippen LogP contribution in [0.1, 0.15) is 36.2 Å². The predicted molar refractivity (Wildman–Crippen MR) is 149 cm³/mol. The molecule has 0 radical (unpaired) electrons. The standard InChI is InChI=1S/C31H32N2O5/c1-5-32(6-2)16-7-17-38-21-10-8-20(9-11-21)33-29-25-15-13-22(36-3)18-26(25)30(34)28(29)24-14-12-23(37-4)19-27(24)31(33)35/h8-15,18-19H,5-7,16-17H2,1-4H3. The van der Waals surface area contributed by atoms with Crippen molar-refractivity contribution in [2.75, 3.05) is 40.5 Å². The van der Waals surface area contributed by atoms with Crippen LogP contribution in [0.2, 0.25) is 0 Å². The van der Waals surface area contributed by atoms with E-state index >= 15 is 0 Å². The van der Waals surface area contributed by atoms with E-state index in [0.717, 1.165) is 31.8 Å². The highest BCUT2D eigenvalue weighted by atomic mass is 16.5. The van der Waals surface area contributed by atoms with Crippen LogP contribution in [-0.2, 0) is 0 Å². The van der Waals surface area contributed by atoms with Gasteiger partial charge in [-0.05, 0) is 80.2 Å². The van der Waals surface area contributed by atoms with Crippen LogP contribution in [0.15, 0.2) is 65.5 Å². The average Bonchev–Trinajstić information content (AvgIpc) is 3.25. The zero-order valence-electron chi connectivity index (χ0n) is 22.2. The van der Waals surface area contributed by atoms with Gasteiger partial charge in [0.25, 0.3) is 5.56 Å². The molecule has 0 fully saturated rings. The first-order valence-electron chi connectivity index (χ1n) is 13.0. The first-order chi connectivity index (χ1) is 18.5. The molecule has 7 nitrogen and oxygen atoms in total. The highest BCUT2D eigenvalue weighted by Gasteiger charge is 2.33.